The normalized spacial score (nSPS) is 10.8. The number of rotatable bonds is 2. The zero-order valence-electron chi connectivity index (χ0n) is 10.1. The smallest absolute Gasteiger partial charge is 0.0768 e. The molecule has 1 aromatic heterocycles. The molecule has 0 saturated heterocycles. The van der Waals surface area contributed by atoms with Gasteiger partial charge in [0.1, 0.15) is 0 Å². The third kappa shape index (κ3) is 2.32. The highest BCUT2D eigenvalue weighted by molar-refractivity contribution is 6.33. The predicted molar refractivity (Wildman–Crippen MR) is 81.7 cm³/mol. The lowest BCUT2D eigenvalue weighted by Gasteiger charge is -2.08. The lowest BCUT2D eigenvalue weighted by molar-refractivity contribution is 1.34. The van der Waals surface area contributed by atoms with Gasteiger partial charge in [-0.3, -0.25) is 0 Å². The molecular weight excluding hydrogens is 277 g/mol. The summed E-state index contributed by atoms with van der Waals surface area (Å²) in [5.74, 6) is 0.363. The Balaban J connectivity index is 2.25. The molecule has 0 saturated carbocycles. The van der Waals surface area contributed by atoms with E-state index in [4.69, 9.17) is 28.2 Å². The van der Waals surface area contributed by atoms with Gasteiger partial charge in [-0.15, -0.1) is 11.6 Å². The summed E-state index contributed by atoms with van der Waals surface area (Å²) in [4.78, 5) is 4.71. The van der Waals surface area contributed by atoms with Crippen LogP contribution in [0, 0.1) is 0 Å². The van der Waals surface area contributed by atoms with Crippen LogP contribution in [0.1, 0.15) is 5.56 Å². The topological polar surface area (TPSA) is 12.9 Å². The molecule has 0 aliphatic heterocycles. The third-order valence-electron chi connectivity index (χ3n) is 3.11. The maximum atomic E-state index is 6.18. The molecule has 94 valence electrons. The van der Waals surface area contributed by atoms with Gasteiger partial charge in [-0.2, -0.15) is 0 Å². The van der Waals surface area contributed by atoms with E-state index in [9.17, 15) is 0 Å². The van der Waals surface area contributed by atoms with Crippen molar-refractivity contribution in [3.8, 4) is 11.3 Å². The van der Waals surface area contributed by atoms with Crippen molar-refractivity contribution in [2.45, 2.75) is 5.88 Å². The van der Waals surface area contributed by atoms with Crippen LogP contribution in [0.5, 0.6) is 0 Å². The maximum absolute atomic E-state index is 6.18. The second-order valence-electron chi connectivity index (χ2n) is 4.29. The second kappa shape index (κ2) is 5.20. The first-order valence-electron chi connectivity index (χ1n) is 5.99. The van der Waals surface area contributed by atoms with Crippen LogP contribution >= 0.6 is 23.2 Å². The van der Waals surface area contributed by atoms with Gasteiger partial charge in [0.2, 0.25) is 0 Å². The number of pyridine rings is 1. The van der Waals surface area contributed by atoms with E-state index in [1.807, 2.05) is 48.5 Å². The van der Waals surface area contributed by atoms with Crippen molar-refractivity contribution in [3.05, 3.63) is 65.2 Å². The largest absolute Gasteiger partial charge is 0.247 e. The summed E-state index contributed by atoms with van der Waals surface area (Å²) in [6.45, 7) is 0. The van der Waals surface area contributed by atoms with Gasteiger partial charge >= 0.3 is 0 Å². The fraction of sp³-hybridized carbons (Fsp3) is 0.0625. The average molecular weight is 288 g/mol. The highest BCUT2D eigenvalue weighted by atomic mass is 35.5. The Morgan fingerprint density at radius 2 is 1.63 bits per heavy atom. The van der Waals surface area contributed by atoms with E-state index in [0.717, 1.165) is 27.7 Å². The Bertz CT molecular complexity index is 723. The molecule has 0 aliphatic carbocycles. The van der Waals surface area contributed by atoms with Crippen molar-refractivity contribution in [1.29, 1.82) is 0 Å². The van der Waals surface area contributed by atoms with E-state index in [0.29, 0.717) is 10.9 Å². The molecule has 1 heterocycles. The van der Waals surface area contributed by atoms with Crippen LogP contribution in [-0.4, -0.2) is 4.98 Å². The first kappa shape index (κ1) is 12.5. The van der Waals surface area contributed by atoms with Crippen LogP contribution < -0.4 is 0 Å². The molecule has 0 unspecified atom stereocenters. The monoisotopic (exact) mass is 287 g/mol. The van der Waals surface area contributed by atoms with Gasteiger partial charge in [-0.1, -0.05) is 54.1 Å². The summed E-state index contributed by atoms with van der Waals surface area (Å²) in [5.41, 5.74) is 3.79. The number of alkyl halides is 1. The van der Waals surface area contributed by atoms with Crippen LogP contribution in [-0.2, 0) is 5.88 Å². The minimum absolute atomic E-state index is 0.363. The van der Waals surface area contributed by atoms with E-state index < -0.39 is 0 Å². The van der Waals surface area contributed by atoms with Gasteiger partial charge in [-0.05, 0) is 12.1 Å². The van der Waals surface area contributed by atoms with E-state index in [1.54, 1.807) is 0 Å². The van der Waals surface area contributed by atoms with E-state index in [-0.39, 0.29) is 0 Å². The summed E-state index contributed by atoms with van der Waals surface area (Å²) < 4.78 is 0. The lowest BCUT2D eigenvalue weighted by atomic mass is 10.1. The Morgan fingerprint density at radius 3 is 2.37 bits per heavy atom. The van der Waals surface area contributed by atoms with Gasteiger partial charge in [0.25, 0.3) is 0 Å². The zero-order valence-corrected chi connectivity index (χ0v) is 11.6. The highest BCUT2D eigenvalue weighted by Gasteiger charge is 2.08. The quantitative estimate of drug-likeness (QED) is 0.583. The summed E-state index contributed by atoms with van der Waals surface area (Å²) in [7, 11) is 0. The first-order valence-corrected chi connectivity index (χ1v) is 6.90. The average Bonchev–Trinajstić information content (AvgIpc) is 2.47. The third-order valence-corrected chi connectivity index (χ3v) is 3.73. The molecule has 0 aliphatic rings. The highest BCUT2D eigenvalue weighted by Crippen LogP contribution is 2.28. The predicted octanol–water partition coefficient (Wildman–Crippen LogP) is 5.29. The van der Waals surface area contributed by atoms with E-state index in [2.05, 4.69) is 6.07 Å². The molecule has 0 N–H and O–H groups in total. The van der Waals surface area contributed by atoms with Gasteiger partial charge in [0.05, 0.1) is 17.1 Å². The molecule has 0 spiro atoms. The van der Waals surface area contributed by atoms with Crippen molar-refractivity contribution in [3.63, 3.8) is 0 Å². The van der Waals surface area contributed by atoms with Gasteiger partial charge < -0.3 is 0 Å². The number of fused-ring (bicyclic) bond motifs is 1. The van der Waals surface area contributed by atoms with Crippen LogP contribution in [0.2, 0.25) is 5.02 Å². The molecule has 0 fully saturated rings. The van der Waals surface area contributed by atoms with Crippen LogP contribution in [0.15, 0.2) is 54.6 Å². The van der Waals surface area contributed by atoms with Crippen molar-refractivity contribution in [2.24, 2.45) is 0 Å². The Labute approximate surface area is 121 Å². The zero-order chi connectivity index (χ0) is 13.2. The van der Waals surface area contributed by atoms with Crippen molar-refractivity contribution < 1.29 is 0 Å². The summed E-state index contributed by atoms with van der Waals surface area (Å²) in [5, 5.41) is 1.72. The minimum Gasteiger partial charge on any atom is -0.247 e. The Morgan fingerprint density at radius 1 is 0.895 bits per heavy atom. The molecule has 0 amide bonds. The number of halogens is 2. The van der Waals surface area contributed by atoms with Crippen LogP contribution in [0.25, 0.3) is 22.2 Å². The van der Waals surface area contributed by atoms with E-state index in [1.165, 1.54) is 0 Å². The molecule has 2 aromatic carbocycles. The summed E-state index contributed by atoms with van der Waals surface area (Å²) >= 11 is 12.2. The van der Waals surface area contributed by atoms with Gasteiger partial charge in [-0.25, -0.2) is 4.98 Å². The van der Waals surface area contributed by atoms with Gasteiger partial charge in [0, 0.05) is 21.5 Å². The van der Waals surface area contributed by atoms with E-state index >= 15 is 0 Å². The summed E-state index contributed by atoms with van der Waals surface area (Å²) in [6.07, 6.45) is 0. The fourth-order valence-electron chi connectivity index (χ4n) is 2.12. The number of benzene rings is 2. The van der Waals surface area contributed by atoms with Crippen molar-refractivity contribution >= 4 is 34.1 Å². The van der Waals surface area contributed by atoms with Crippen LogP contribution in [0.4, 0.5) is 0 Å². The van der Waals surface area contributed by atoms with Gasteiger partial charge in [0.15, 0.2) is 0 Å². The molecule has 1 nitrogen and oxygen atoms in total. The molecule has 19 heavy (non-hydrogen) atoms. The maximum Gasteiger partial charge on any atom is 0.0768 e. The number of nitrogens with zero attached hydrogens (tertiary/aromatic N) is 1. The SMILES string of the molecule is ClCc1c(Cl)ccc2ccc(-c3ccccc3)nc12. The molecule has 0 bridgehead atoms. The first-order chi connectivity index (χ1) is 9.29. The Hall–Kier alpha value is -1.57. The molecular formula is C16H11Cl2N. The number of aromatic nitrogens is 1. The number of hydrogen-bond acceptors (Lipinski definition) is 1. The minimum atomic E-state index is 0.363. The van der Waals surface area contributed by atoms with Crippen molar-refractivity contribution in [2.75, 3.05) is 0 Å². The lowest BCUT2D eigenvalue weighted by Crippen LogP contribution is -1.90. The summed E-state index contributed by atoms with van der Waals surface area (Å²) in [6, 6.07) is 18.0. The fourth-order valence-corrected chi connectivity index (χ4v) is 2.68. The molecule has 3 heteroatoms. The Kier molecular flexibility index (Phi) is 3.41. The standard InChI is InChI=1S/C16H11Cl2N/c17-10-13-14(18)8-6-12-7-9-15(19-16(12)13)11-4-2-1-3-5-11/h1-9H,10H2. The number of hydrogen-bond donors (Lipinski definition) is 0. The van der Waals surface area contributed by atoms with Crippen LogP contribution in [0.3, 0.4) is 0 Å². The molecule has 0 radical (unpaired) electrons. The van der Waals surface area contributed by atoms with Crippen molar-refractivity contribution in [1.82, 2.24) is 4.98 Å². The molecule has 3 rings (SSSR count). The molecule has 0 atom stereocenters. The second-order valence-corrected chi connectivity index (χ2v) is 4.97. The molecule has 3 aromatic rings.